The third-order valence-corrected chi connectivity index (χ3v) is 0.553. The van der Waals surface area contributed by atoms with Crippen molar-refractivity contribution in [1.82, 2.24) is 0 Å². The zero-order chi connectivity index (χ0) is 6.83. The molecule has 0 aliphatic carbocycles. The molecule has 44 valence electrons. The topological polar surface area (TPSA) is 0 Å². The van der Waals surface area contributed by atoms with Gasteiger partial charge in [0.05, 0.1) is 0 Å². The van der Waals surface area contributed by atoms with E-state index in [1.807, 2.05) is 0 Å². The molecule has 0 N–H and O–H groups in total. The van der Waals surface area contributed by atoms with Gasteiger partial charge in [-0.1, -0.05) is 20.3 Å². The minimum atomic E-state index is 1.05. The maximum absolute atomic E-state index is 3.07. The van der Waals surface area contributed by atoms with Crippen LogP contribution in [0.2, 0.25) is 0 Å². The molecular formula is C6H11BrZn. The van der Waals surface area contributed by atoms with Gasteiger partial charge in [-0.05, 0) is 0 Å². The summed E-state index contributed by atoms with van der Waals surface area (Å²) in [5.41, 5.74) is 0. The van der Waals surface area contributed by atoms with Gasteiger partial charge < -0.3 is 6.08 Å². The van der Waals surface area contributed by atoms with Crippen molar-refractivity contribution in [3.8, 4) is 0 Å². The van der Waals surface area contributed by atoms with Gasteiger partial charge in [-0.2, -0.15) is 6.42 Å². The molecule has 0 aromatic rings. The van der Waals surface area contributed by atoms with Crippen molar-refractivity contribution in [2.24, 2.45) is 0 Å². The van der Waals surface area contributed by atoms with E-state index in [9.17, 15) is 0 Å². The predicted octanol–water partition coefficient (Wildman–Crippen LogP) is 3.01. The van der Waals surface area contributed by atoms with Crippen molar-refractivity contribution in [2.75, 3.05) is 0 Å². The second-order valence-electron chi connectivity index (χ2n) is 1.17. The molecule has 0 nitrogen and oxygen atoms in total. The normalized spacial score (nSPS) is 8.62. The number of allylic oxidation sites excluding steroid dienone is 2. The zero-order valence-electron chi connectivity index (χ0n) is 5.58. The molecule has 0 unspecified atom stereocenters. The Labute approximate surface area is 68.8 Å². The molecule has 0 aromatic heterocycles. The first-order chi connectivity index (χ1) is 3.91. The van der Waals surface area contributed by atoms with Crippen LogP contribution < -0.4 is 0 Å². The molecule has 8 heavy (non-hydrogen) atoms. The van der Waals surface area contributed by atoms with Gasteiger partial charge >= 0.3 is 30.0 Å². The van der Waals surface area contributed by atoms with Crippen molar-refractivity contribution in [3.05, 3.63) is 12.2 Å². The molecule has 0 radical (unpaired) electrons. The summed E-state index contributed by atoms with van der Waals surface area (Å²) in [6.45, 7) is 4.20. The van der Waals surface area contributed by atoms with E-state index in [4.69, 9.17) is 0 Å². The molecule has 0 amide bonds. The number of halogens is 1. The van der Waals surface area contributed by atoms with Crippen molar-refractivity contribution in [3.63, 3.8) is 0 Å². The quantitative estimate of drug-likeness (QED) is 0.503. The summed E-state index contributed by atoms with van der Waals surface area (Å²) in [6, 6.07) is 0. The summed E-state index contributed by atoms with van der Waals surface area (Å²) < 4.78 is 0. The molecule has 0 aliphatic heterocycles. The monoisotopic (exact) mass is 226 g/mol. The Morgan fingerprint density at radius 3 is 2.12 bits per heavy atom. The summed E-state index contributed by atoms with van der Waals surface area (Å²) >= 11 is 4.25. The van der Waals surface area contributed by atoms with Gasteiger partial charge in [0.1, 0.15) is 0 Å². The maximum atomic E-state index is 3.07. The first kappa shape index (κ1) is 11.6. The molecule has 0 aromatic carbocycles. The van der Waals surface area contributed by atoms with E-state index in [-0.39, 0.29) is 0 Å². The van der Waals surface area contributed by atoms with E-state index in [1.54, 1.807) is 0 Å². The third-order valence-electron chi connectivity index (χ3n) is 0.553. The number of hydrogen-bond acceptors (Lipinski definition) is 0. The van der Waals surface area contributed by atoms with E-state index in [0.29, 0.717) is 0 Å². The molecular weight excluding hydrogens is 217 g/mol. The fourth-order valence-electron chi connectivity index (χ4n) is 0.289. The summed E-state index contributed by atoms with van der Waals surface area (Å²) in [6.07, 6.45) is 7.30. The van der Waals surface area contributed by atoms with Gasteiger partial charge in [0.2, 0.25) is 0 Å². The van der Waals surface area contributed by atoms with Gasteiger partial charge in [0, 0.05) is 0 Å². The minimum absolute atomic E-state index is 1.05. The molecule has 0 aliphatic rings. The second-order valence-corrected chi connectivity index (χ2v) is 1.17. The number of hydrogen-bond donors (Lipinski definition) is 0. The summed E-state index contributed by atoms with van der Waals surface area (Å²) in [4.78, 5) is 0. The van der Waals surface area contributed by atoms with Crippen LogP contribution in [0.1, 0.15) is 26.7 Å². The van der Waals surface area contributed by atoms with Gasteiger partial charge in [-0.15, -0.1) is 0 Å². The van der Waals surface area contributed by atoms with E-state index in [1.165, 1.54) is 16.3 Å². The Morgan fingerprint density at radius 1 is 1.50 bits per heavy atom. The Kier molecular flexibility index (Phi) is 22.7. The van der Waals surface area contributed by atoms with Crippen LogP contribution in [0.15, 0.2) is 6.08 Å². The average Bonchev–Trinajstić information content (AvgIpc) is 1.88. The van der Waals surface area contributed by atoms with Crippen molar-refractivity contribution in [1.29, 1.82) is 0 Å². The van der Waals surface area contributed by atoms with Crippen molar-refractivity contribution < 1.29 is 16.3 Å². The molecule has 0 saturated carbocycles. The molecule has 0 heterocycles. The van der Waals surface area contributed by atoms with Crippen LogP contribution >= 0.6 is 13.6 Å². The van der Waals surface area contributed by atoms with Gasteiger partial charge in [0.25, 0.3) is 0 Å². The van der Waals surface area contributed by atoms with Crippen LogP contribution in [-0.4, -0.2) is 0 Å². The SMILES string of the molecule is CC[C-]=CCC.[Zn+][Br]. The Morgan fingerprint density at radius 2 is 2.00 bits per heavy atom. The molecule has 0 bridgehead atoms. The van der Waals surface area contributed by atoms with Gasteiger partial charge in [-0.3, -0.25) is 6.08 Å². The van der Waals surface area contributed by atoms with Crippen molar-refractivity contribution >= 4 is 13.6 Å². The summed E-state index contributed by atoms with van der Waals surface area (Å²) in [5, 5.41) is 0. The Balaban J connectivity index is 0. The summed E-state index contributed by atoms with van der Waals surface area (Å²) in [5.74, 6) is 0. The Bertz CT molecular complexity index is 37.8. The first-order valence-corrected chi connectivity index (χ1v) is 9.68. The van der Waals surface area contributed by atoms with E-state index in [0.717, 1.165) is 12.8 Å². The fraction of sp³-hybridized carbons (Fsp3) is 0.667. The molecule has 2 heteroatoms. The third kappa shape index (κ3) is 15.8. The second kappa shape index (κ2) is 15.7. The molecule has 0 atom stereocenters. The average molecular weight is 228 g/mol. The van der Waals surface area contributed by atoms with Gasteiger partial charge in [-0.25, -0.2) is 0 Å². The Hall–Kier alpha value is 0.843. The van der Waals surface area contributed by atoms with E-state index < -0.39 is 0 Å². The van der Waals surface area contributed by atoms with Crippen molar-refractivity contribution in [2.45, 2.75) is 26.7 Å². The fourth-order valence-corrected chi connectivity index (χ4v) is 0.289. The molecule has 0 spiro atoms. The number of rotatable bonds is 2. The molecule has 0 rings (SSSR count). The first-order valence-electron chi connectivity index (χ1n) is 2.73. The van der Waals surface area contributed by atoms with Crippen LogP contribution in [0.3, 0.4) is 0 Å². The molecule has 0 fully saturated rings. The van der Waals surface area contributed by atoms with E-state index >= 15 is 0 Å². The molecule has 0 saturated heterocycles. The van der Waals surface area contributed by atoms with Crippen LogP contribution in [0.25, 0.3) is 0 Å². The van der Waals surface area contributed by atoms with E-state index in [2.05, 4.69) is 39.6 Å². The standard InChI is InChI=1S/C6H11.BrH.Zn/c1-3-5-6-4-2;;/h5H,3-4H2,1-2H3;1H;/q-1;;+2/p-1. The van der Waals surface area contributed by atoms with Crippen LogP contribution in [-0.2, 0) is 16.3 Å². The van der Waals surface area contributed by atoms with Crippen LogP contribution in [0.4, 0.5) is 0 Å². The summed E-state index contributed by atoms with van der Waals surface area (Å²) in [7, 11) is 0. The predicted molar refractivity (Wildman–Crippen MR) is 37.3 cm³/mol. The zero-order valence-corrected chi connectivity index (χ0v) is 10.1. The van der Waals surface area contributed by atoms with Crippen LogP contribution in [0.5, 0.6) is 0 Å². The van der Waals surface area contributed by atoms with Crippen LogP contribution in [0, 0.1) is 6.08 Å². The van der Waals surface area contributed by atoms with Gasteiger partial charge in [0.15, 0.2) is 0 Å².